The van der Waals surface area contributed by atoms with Crippen LogP contribution in [0.25, 0.3) is 0 Å². The summed E-state index contributed by atoms with van der Waals surface area (Å²) in [7, 11) is -1.51. The fourth-order valence-corrected chi connectivity index (χ4v) is 5.46. The van der Waals surface area contributed by atoms with E-state index in [0.29, 0.717) is 11.4 Å². The summed E-state index contributed by atoms with van der Waals surface area (Å²) < 4.78 is 20.0. The van der Waals surface area contributed by atoms with Crippen molar-refractivity contribution >= 4 is 21.6 Å². The molecule has 4 N–H and O–H groups in total. The van der Waals surface area contributed by atoms with Gasteiger partial charge in [-0.05, 0) is 85.5 Å². The summed E-state index contributed by atoms with van der Waals surface area (Å²) in [6.45, 7) is 0.406. The largest absolute Gasteiger partial charge is 0.354 e. The Labute approximate surface area is 166 Å². The first-order valence-electron chi connectivity index (χ1n) is 9.76. The second-order valence-corrected chi connectivity index (χ2v) is 9.45. The van der Waals surface area contributed by atoms with Crippen LogP contribution in [-0.2, 0) is 42.1 Å². The number of amides is 2. The molecule has 0 heterocycles. The Kier molecular flexibility index (Phi) is 5.23. The monoisotopic (exact) mass is 398 g/mol. The molecule has 2 amide bonds. The number of nitrogens with two attached hydrogens (primary N) is 1. The minimum absolute atomic E-state index is 0.406. The summed E-state index contributed by atoms with van der Waals surface area (Å²) in [5.41, 5.74) is 12.6. The molecule has 0 bridgehead atoms. The molecule has 28 heavy (non-hydrogen) atoms. The van der Waals surface area contributed by atoms with Crippen molar-refractivity contribution in [3.05, 3.63) is 58.1 Å². The van der Waals surface area contributed by atoms with E-state index in [1.807, 2.05) is 0 Å². The lowest BCUT2D eigenvalue weighted by atomic mass is 9.99. The molecule has 2 aliphatic rings. The number of nitrogens with zero attached hydrogens (tertiary/aromatic N) is 1. The molecule has 0 spiro atoms. The standard InChI is InChI=1S/C21H26N4O2S/c1-23-28(27,17-10-8-14(13-22)9-11-17)25-21(26)24-20-18-6-2-4-15(18)12-16-5-3-7-19(16)20/h8-12H,2-7,13,22H2,1H3,(H2,23,24,25,26,27). The quantitative estimate of drug-likeness (QED) is 0.737. The average molecular weight is 399 g/mol. The van der Waals surface area contributed by atoms with Crippen molar-refractivity contribution in [2.24, 2.45) is 10.1 Å². The van der Waals surface area contributed by atoms with E-state index in [-0.39, 0.29) is 0 Å². The third kappa shape index (κ3) is 3.45. The number of hydrogen-bond acceptors (Lipinski definition) is 3. The lowest BCUT2D eigenvalue weighted by Gasteiger charge is -2.15. The van der Waals surface area contributed by atoms with E-state index in [9.17, 15) is 9.00 Å². The van der Waals surface area contributed by atoms with E-state index in [1.54, 1.807) is 31.3 Å². The van der Waals surface area contributed by atoms with Gasteiger partial charge < -0.3 is 11.1 Å². The lowest BCUT2D eigenvalue weighted by Crippen LogP contribution is -2.22. The van der Waals surface area contributed by atoms with Crippen molar-refractivity contribution in [3.8, 4) is 0 Å². The van der Waals surface area contributed by atoms with Gasteiger partial charge in [0.05, 0.1) is 4.90 Å². The van der Waals surface area contributed by atoms with Gasteiger partial charge in [0.1, 0.15) is 9.92 Å². The van der Waals surface area contributed by atoms with Crippen molar-refractivity contribution in [3.63, 3.8) is 0 Å². The molecule has 2 aliphatic carbocycles. The maximum absolute atomic E-state index is 13.3. The van der Waals surface area contributed by atoms with Gasteiger partial charge in [-0.1, -0.05) is 18.2 Å². The normalized spacial score (nSPS) is 16.9. The van der Waals surface area contributed by atoms with Gasteiger partial charge in [0, 0.05) is 12.2 Å². The molecule has 0 radical (unpaired) electrons. The van der Waals surface area contributed by atoms with Gasteiger partial charge in [0.2, 0.25) is 0 Å². The van der Waals surface area contributed by atoms with E-state index in [4.69, 9.17) is 5.73 Å². The summed E-state index contributed by atoms with van der Waals surface area (Å²) in [5.74, 6) is 0. The number of fused-ring (bicyclic) bond motifs is 2. The van der Waals surface area contributed by atoms with Gasteiger partial charge in [-0.25, -0.2) is 13.7 Å². The molecule has 0 saturated carbocycles. The Morgan fingerprint density at radius 3 is 2.21 bits per heavy atom. The van der Waals surface area contributed by atoms with Crippen molar-refractivity contribution < 1.29 is 9.00 Å². The highest BCUT2D eigenvalue weighted by molar-refractivity contribution is 7.92. The van der Waals surface area contributed by atoms with Gasteiger partial charge in [-0.15, -0.1) is 4.36 Å². The third-order valence-electron chi connectivity index (χ3n) is 5.67. The molecule has 7 heteroatoms. The molecule has 1 atom stereocenters. The number of aryl methyl sites for hydroxylation is 2. The second-order valence-electron chi connectivity index (χ2n) is 7.33. The summed E-state index contributed by atoms with van der Waals surface area (Å²) in [5, 5.41) is 2.98. The molecular formula is C21H26N4O2S. The Morgan fingerprint density at radius 1 is 1.07 bits per heavy atom. The topological polar surface area (TPSA) is 96.6 Å². The summed E-state index contributed by atoms with van der Waals surface area (Å²) in [4.78, 5) is 13.2. The van der Waals surface area contributed by atoms with Crippen LogP contribution in [-0.4, -0.2) is 17.3 Å². The van der Waals surface area contributed by atoms with Gasteiger partial charge >= 0.3 is 6.03 Å². The van der Waals surface area contributed by atoms with E-state index in [0.717, 1.165) is 49.8 Å². The number of nitrogens with one attached hydrogen (secondary N) is 2. The number of carbonyl (C=O) groups excluding carboxylic acids is 1. The van der Waals surface area contributed by atoms with Crippen LogP contribution in [0.3, 0.4) is 0 Å². The maximum Gasteiger partial charge on any atom is 0.354 e. The van der Waals surface area contributed by atoms with E-state index in [1.165, 1.54) is 22.3 Å². The van der Waals surface area contributed by atoms with Crippen LogP contribution in [0.5, 0.6) is 0 Å². The molecule has 0 aliphatic heterocycles. The molecular weight excluding hydrogens is 372 g/mol. The number of benzene rings is 2. The van der Waals surface area contributed by atoms with Crippen molar-refractivity contribution in [2.75, 3.05) is 12.4 Å². The Morgan fingerprint density at radius 2 is 1.68 bits per heavy atom. The van der Waals surface area contributed by atoms with Crippen LogP contribution >= 0.6 is 0 Å². The molecule has 2 aromatic rings. The maximum atomic E-state index is 13.3. The van der Waals surface area contributed by atoms with Crippen LogP contribution < -0.4 is 15.8 Å². The number of carbonyl (C=O) groups is 1. The highest BCUT2D eigenvalue weighted by Gasteiger charge is 2.25. The van der Waals surface area contributed by atoms with Crippen LogP contribution in [0.1, 0.15) is 40.7 Å². The fraction of sp³-hybridized carbons (Fsp3) is 0.381. The van der Waals surface area contributed by atoms with Crippen LogP contribution in [0.15, 0.2) is 39.6 Å². The second kappa shape index (κ2) is 7.66. The minimum atomic E-state index is -3.06. The van der Waals surface area contributed by atoms with Crippen molar-refractivity contribution in [1.29, 1.82) is 0 Å². The number of hydrogen-bond donors (Lipinski definition) is 3. The SMILES string of the molecule is CNS(=O)(=NC(=O)Nc1c2c(cc3c1CCC3)CCC2)c1ccc(CN)cc1. The van der Waals surface area contributed by atoms with Crippen LogP contribution in [0.4, 0.5) is 10.5 Å². The minimum Gasteiger partial charge on any atom is -0.326 e. The van der Waals surface area contributed by atoms with E-state index < -0.39 is 15.9 Å². The first-order valence-corrected chi connectivity index (χ1v) is 11.3. The fourth-order valence-electron chi connectivity index (χ4n) is 4.24. The molecule has 6 nitrogen and oxygen atoms in total. The highest BCUT2D eigenvalue weighted by Crippen LogP contribution is 2.38. The molecule has 0 aromatic heterocycles. The first kappa shape index (κ1) is 19.1. The molecule has 4 rings (SSSR count). The Balaban J connectivity index is 1.68. The number of rotatable bonds is 4. The van der Waals surface area contributed by atoms with Gasteiger partial charge in [-0.2, -0.15) is 0 Å². The first-order chi connectivity index (χ1) is 13.5. The molecule has 2 aromatic carbocycles. The molecule has 148 valence electrons. The third-order valence-corrected chi connectivity index (χ3v) is 7.56. The van der Waals surface area contributed by atoms with Crippen LogP contribution in [0, 0.1) is 0 Å². The van der Waals surface area contributed by atoms with E-state index >= 15 is 0 Å². The summed E-state index contributed by atoms with van der Waals surface area (Å²) >= 11 is 0. The molecule has 0 saturated heterocycles. The van der Waals surface area contributed by atoms with Crippen molar-refractivity contribution in [1.82, 2.24) is 4.72 Å². The Bertz CT molecular complexity index is 1010. The lowest BCUT2D eigenvalue weighted by molar-refractivity contribution is 0.260. The molecule has 0 fully saturated rings. The smallest absolute Gasteiger partial charge is 0.326 e. The van der Waals surface area contributed by atoms with Crippen LogP contribution in [0.2, 0.25) is 0 Å². The highest BCUT2D eigenvalue weighted by atomic mass is 32.2. The van der Waals surface area contributed by atoms with Gasteiger partial charge in [-0.3, -0.25) is 0 Å². The average Bonchev–Trinajstić information content (AvgIpc) is 3.37. The zero-order chi connectivity index (χ0) is 19.7. The summed E-state index contributed by atoms with van der Waals surface area (Å²) in [6.07, 6.45) is 6.28. The number of anilines is 1. The number of urea groups is 1. The predicted molar refractivity (Wildman–Crippen MR) is 112 cm³/mol. The van der Waals surface area contributed by atoms with Gasteiger partial charge in [0.25, 0.3) is 0 Å². The van der Waals surface area contributed by atoms with E-state index in [2.05, 4.69) is 20.5 Å². The zero-order valence-corrected chi connectivity index (χ0v) is 16.9. The van der Waals surface area contributed by atoms with Crippen molar-refractivity contribution in [2.45, 2.75) is 50.0 Å². The Hall–Kier alpha value is -2.22. The zero-order valence-electron chi connectivity index (χ0n) is 16.1. The van der Waals surface area contributed by atoms with Gasteiger partial charge in [0.15, 0.2) is 0 Å². The predicted octanol–water partition coefficient (Wildman–Crippen LogP) is 3.32. The summed E-state index contributed by atoms with van der Waals surface area (Å²) in [6, 6.07) is 8.75. The molecule has 1 unspecified atom stereocenters.